The van der Waals surface area contributed by atoms with Crippen molar-refractivity contribution in [3.63, 3.8) is 0 Å². The first-order chi connectivity index (χ1) is 14.7. The maximum atomic E-state index is 12.3. The quantitative estimate of drug-likeness (QED) is 0.443. The zero-order chi connectivity index (χ0) is 22.4. The van der Waals surface area contributed by atoms with Crippen LogP contribution in [0.4, 0.5) is 0 Å². The first-order valence-corrected chi connectivity index (χ1v) is 14.0. The number of amides is 1. The number of piperidine rings is 1. The van der Waals surface area contributed by atoms with E-state index in [-0.39, 0.29) is 0 Å². The van der Waals surface area contributed by atoms with Crippen molar-refractivity contribution in [1.29, 1.82) is 0 Å². The molecule has 0 spiro atoms. The summed E-state index contributed by atoms with van der Waals surface area (Å²) >= 11 is 0. The van der Waals surface area contributed by atoms with Gasteiger partial charge >= 0.3 is 0 Å². The summed E-state index contributed by atoms with van der Waals surface area (Å²) in [7, 11) is 0. The molecular formula is C29H51NO. The summed E-state index contributed by atoms with van der Waals surface area (Å²) < 4.78 is 0. The van der Waals surface area contributed by atoms with Crippen LogP contribution in [0.2, 0.25) is 0 Å². The summed E-state index contributed by atoms with van der Waals surface area (Å²) in [5, 5.41) is 3.47. The molecule has 178 valence electrons. The Kier molecular flexibility index (Phi) is 6.87. The molecule has 7 unspecified atom stereocenters. The fraction of sp³-hybridized carbons (Fsp3) is 0.966. The number of fused-ring (bicyclic) bond motifs is 5. The molecule has 1 aliphatic heterocycles. The van der Waals surface area contributed by atoms with Gasteiger partial charge in [0.25, 0.3) is 0 Å². The van der Waals surface area contributed by atoms with Gasteiger partial charge in [0, 0.05) is 12.5 Å². The topological polar surface area (TPSA) is 29.1 Å². The molecule has 0 aromatic rings. The first-order valence-electron chi connectivity index (χ1n) is 14.0. The Morgan fingerprint density at radius 2 is 1.74 bits per heavy atom. The van der Waals surface area contributed by atoms with Gasteiger partial charge in [0.15, 0.2) is 0 Å². The molecular weight excluding hydrogens is 378 g/mol. The number of rotatable bonds is 7. The first kappa shape index (κ1) is 23.6. The molecule has 9 atom stereocenters. The lowest BCUT2D eigenvalue weighted by Gasteiger charge is -2.63. The summed E-state index contributed by atoms with van der Waals surface area (Å²) in [5.74, 6) is 6.46. The Hall–Kier alpha value is -0.530. The van der Waals surface area contributed by atoms with E-state index in [0.29, 0.717) is 22.8 Å². The Balaban J connectivity index is 1.55. The summed E-state index contributed by atoms with van der Waals surface area (Å²) in [5.41, 5.74) is 0.899. The molecule has 0 radical (unpaired) electrons. The minimum Gasteiger partial charge on any atom is -0.353 e. The predicted octanol–water partition coefficient (Wildman–Crippen LogP) is 7.61. The van der Waals surface area contributed by atoms with E-state index >= 15 is 0 Å². The van der Waals surface area contributed by atoms with Gasteiger partial charge in [-0.1, -0.05) is 73.6 Å². The van der Waals surface area contributed by atoms with Crippen molar-refractivity contribution in [1.82, 2.24) is 5.32 Å². The zero-order valence-corrected chi connectivity index (χ0v) is 21.5. The van der Waals surface area contributed by atoms with Crippen molar-refractivity contribution in [2.75, 3.05) is 0 Å². The average Bonchev–Trinajstić information content (AvgIpc) is 3.06. The number of carbonyl (C=O) groups is 1. The van der Waals surface area contributed by atoms with E-state index in [1.54, 1.807) is 0 Å². The van der Waals surface area contributed by atoms with Gasteiger partial charge in [-0.25, -0.2) is 0 Å². The van der Waals surface area contributed by atoms with E-state index in [2.05, 4.69) is 46.9 Å². The Labute approximate surface area is 193 Å². The lowest BCUT2D eigenvalue weighted by atomic mass is 9.44. The molecule has 1 heterocycles. The third-order valence-corrected chi connectivity index (χ3v) is 11.1. The molecule has 0 bridgehead atoms. The summed E-state index contributed by atoms with van der Waals surface area (Å²) in [6.07, 6.45) is 15.8. The molecule has 1 amide bonds. The molecule has 4 fully saturated rings. The second-order valence-corrected chi connectivity index (χ2v) is 13.2. The van der Waals surface area contributed by atoms with Crippen LogP contribution in [0.3, 0.4) is 0 Å². The summed E-state index contributed by atoms with van der Waals surface area (Å²) in [4.78, 5) is 12.3. The average molecular weight is 430 g/mol. The van der Waals surface area contributed by atoms with E-state index in [0.717, 1.165) is 54.3 Å². The van der Waals surface area contributed by atoms with Crippen LogP contribution in [0, 0.1) is 52.3 Å². The standard InChI is InChI=1S/C29H51NO/c1-7-9-21-18-25-29(6,17-15-26(31)30-25)24-14-16-28(5)22(12-13-23(28)27(21)24)20(4)11-8-10-19(2)3/h19-25,27H,7-18H2,1-6H3,(H,30,31)/t20?,21?,22?,23?,24?,25?,27?,28-,29-/m1/s1. The Bertz CT molecular complexity index is 643. The molecule has 0 aromatic carbocycles. The Morgan fingerprint density at radius 1 is 1.00 bits per heavy atom. The SMILES string of the molecule is CCCC1CC2NC(=O)CC[C@]2(C)C2CC[C@]3(C)C(C(C)CCCC(C)C)CCC3C12. The summed E-state index contributed by atoms with van der Waals surface area (Å²) in [6, 6.07) is 0.433. The molecule has 4 rings (SSSR count). The monoisotopic (exact) mass is 429 g/mol. The van der Waals surface area contributed by atoms with Crippen LogP contribution >= 0.6 is 0 Å². The van der Waals surface area contributed by atoms with Gasteiger partial charge in [-0.2, -0.15) is 0 Å². The third kappa shape index (κ3) is 4.12. The van der Waals surface area contributed by atoms with Gasteiger partial charge in [-0.05, 0) is 90.8 Å². The smallest absolute Gasteiger partial charge is 0.220 e. The van der Waals surface area contributed by atoms with Crippen LogP contribution in [0.25, 0.3) is 0 Å². The molecule has 4 aliphatic rings. The highest BCUT2D eigenvalue weighted by Crippen LogP contribution is 2.68. The minimum atomic E-state index is 0.313. The van der Waals surface area contributed by atoms with Crippen molar-refractivity contribution in [3.05, 3.63) is 0 Å². The van der Waals surface area contributed by atoms with Gasteiger partial charge < -0.3 is 5.32 Å². The second kappa shape index (κ2) is 9.02. The fourth-order valence-corrected chi connectivity index (χ4v) is 9.55. The number of nitrogens with one attached hydrogen (secondary N) is 1. The number of carbonyl (C=O) groups excluding carboxylic acids is 1. The molecule has 3 aliphatic carbocycles. The number of hydrogen-bond donors (Lipinski definition) is 1. The molecule has 1 saturated heterocycles. The van der Waals surface area contributed by atoms with Crippen molar-refractivity contribution in [2.45, 2.75) is 125 Å². The maximum absolute atomic E-state index is 12.3. The van der Waals surface area contributed by atoms with Crippen LogP contribution in [-0.2, 0) is 4.79 Å². The van der Waals surface area contributed by atoms with Crippen molar-refractivity contribution >= 4 is 5.91 Å². The van der Waals surface area contributed by atoms with Crippen LogP contribution in [0.1, 0.15) is 119 Å². The van der Waals surface area contributed by atoms with Crippen molar-refractivity contribution in [3.8, 4) is 0 Å². The Morgan fingerprint density at radius 3 is 2.45 bits per heavy atom. The van der Waals surface area contributed by atoms with E-state index in [4.69, 9.17) is 0 Å². The van der Waals surface area contributed by atoms with E-state index in [1.165, 1.54) is 64.2 Å². The van der Waals surface area contributed by atoms with Crippen molar-refractivity contribution < 1.29 is 4.79 Å². The van der Waals surface area contributed by atoms with Gasteiger partial charge in [0.1, 0.15) is 0 Å². The van der Waals surface area contributed by atoms with Crippen LogP contribution in [0.5, 0.6) is 0 Å². The van der Waals surface area contributed by atoms with Crippen LogP contribution in [-0.4, -0.2) is 11.9 Å². The minimum absolute atomic E-state index is 0.313. The second-order valence-electron chi connectivity index (χ2n) is 13.2. The van der Waals surface area contributed by atoms with Gasteiger partial charge in [-0.3, -0.25) is 4.79 Å². The molecule has 2 heteroatoms. The predicted molar refractivity (Wildman–Crippen MR) is 131 cm³/mol. The van der Waals surface area contributed by atoms with E-state index in [1.807, 2.05) is 0 Å². The van der Waals surface area contributed by atoms with E-state index in [9.17, 15) is 4.79 Å². The molecule has 1 N–H and O–H groups in total. The fourth-order valence-electron chi connectivity index (χ4n) is 9.55. The van der Waals surface area contributed by atoms with Crippen molar-refractivity contribution in [2.24, 2.45) is 52.3 Å². The van der Waals surface area contributed by atoms with Gasteiger partial charge in [0.2, 0.25) is 5.91 Å². The lowest BCUT2D eigenvalue weighted by molar-refractivity contribution is -0.146. The highest BCUT2D eigenvalue weighted by atomic mass is 16.1. The molecule has 0 aromatic heterocycles. The molecule has 31 heavy (non-hydrogen) atoms. The highest BCUT2D eigenvalue weighted by molar-refractivity contribution is 5.77. The number of hydrogen-bond acceptors (Lipinski definition) is 1. The molecule has 3 saturated carbocycles. The van der Waals surface area contributed by atoms with Crippen LogP contribution < -0.4 is 5.32 Å². The normalized spacial score (nSPS) is 45.6. The largest absolute Gasteiger partial charge is 0.353 e. The third-order valence-electron chi connectivity index (χ3n) is 11.1. The molecule has 2 nitrogen and oxygen atoms in total. The van der Waals surface area contributed by atoms with Gasteiger partial charge in [-0.15, -0.1) is 0 Å². The van der Waals surface area contributed by atoms with Gasteiger partial charge in [0.05, 0.1) is 0 Å². The zero-order valence-electron chi connectivity index (χ0n) is 21.5. The maximum Gasteiger partial charge on any atom is 0.220 e. The highest BCUT2D eigenvalue weighted by Gasteiger charge is 2.62. The van der Waals surface area contributed by atoms with E-state index < -0.39 is 0 Å². The summed E-state index contributed by atoms with van der Waals surface area (Å²) in [6.45, 7) is 15.0. The lowest BCUT2D eigenvalue weighted by Crippen LogP contribution is -2.63. The van der Waals surface area contributed by atoms with Crippen LogP contribution in [0.15, 0.2) is 0 Å².